The molecule has 4 nitrogen and oxygen atoms in total. The molecule has 1 N–H and O–H groups in total. The molecular weight excluding hydrogens is 196 g/mol. The van der Waals surface area contributed by atoms with Crippen LogP contribution < -0.4 is 0 Å². The molecule has 1 fully saturated rings. The Morgan fingerprint density at radius 2 is 2.27 bits per heavy atom. The molecule has 0 bridgehead atoms. The molecule has 1 heterocycles. The second-order valence-corrected chi connectivity index (χ2v) is 3.81. The zero-order valence-corrected chi connectivity index (χ0v) is 8.86. The highest BCUT2D eigenvalue weighted by atomic mass is 16.5. The number of hydrogen-bond donors (Lipinski definition) is 1. The second-order valence-electron chi connectivity index (χ2n) is 3.81. The van der Waals surface area contributed by atoms with Crippen molar-refractivity contribution in [1.29, 1.82) is 0 Å². The first-order chi connectivity index (χ1) is 7.06. The first-order valence-corrected chi connectivity index (χ1v) is 5.18. The normalized spacial score (nSPS) is 25.8. The number of carboxylic acids is 1. The predicted molar refractivity (Wildman–Crippen MR) is 54.3 cm³/mol. The van der Waals surface area contributed by atoms with E-state index in [-0.39, 0.29) is 11.7 Å². The topological polar surface area (TPSA) is 63.6 Å². The third kappa shape index (κ3) is 2.81. The van der Waals surface area contributed by atoms with Crippen LogP contribution in [0.2, 0.25) is 0 Å². The maximum atomic E-state index is 11.5. The smallest absolute Gasteiger partial charge is 0.331 e. The van der Waals surface area contributed by atoms with E-state index in [9.17, 15) is 9.59 Å². The van der Waals surface area contributed by atoms with Gasteiger partial charge < -0.3 is 9.84 Å². The van der Waals surface area contributed by atoms with Crippen LogP contribution in [0, 0.1) is 5.92 Å². The van der Waals surface area contributed by atoms with Crippen molar-refractivity contribution >= 4 is 11.9 Å². The van der Waals surface area contributed by atoms with Crippen LogP contribution in [0.15, 0.2) is 12.2 Å². The molecule has 0 aromatic rings. The zero-order chi connectivity index (χ0) is 11.4. The molecule has 0 aromatic heterocycles. The van der Waals surface area contributed by atoms with Gasteiger partial charge in [0.05, 0.1) is 5.92 Å². The van der Waals surface area contributed by atoms with Crippen molar-refractivity contribution in [3.63, 3.8) is 0 Å². The van der Waals surface area contributed by atoms with Gasteiger partial charge in [-0.15, -0.1) is 0 Å². The molecule has 0 amide bonds. The van der Waals surface area contributed by atoms with E-state index in [0.717, 1.165) is 19.3 Å². The third-order valence-corrected chi connectivity index (χ3v) is 2.65. The molecule has 84 valence electrons. The lowest BCUT2D eigenvalue weighted by Crippen LogP contribution is -2.33. The summed E-state index contributed by atoms with van der Waals surface area (Å²) in [6.07, 6.45) is 3.03. The zero-order valence-electron chi connectivity index (χ0n) is 8.86. The fraction of sp³-hybridized carbons (Fsp3) is 0.636. The van der Waals surface area contributed by atoms with Crippen molar-refractivity contribution in [3.05, 3.63) is 12.2 Å². The monoisotopic (exact) mass is 212 g/mol. The molecule has 0 unspecified atom stereocenters. The largest absolute Gasteiger partial charge is 0.478 e. The van der Waals surface area contributed by atoms with Gasteiger partial charge in [-0.3, -0.25) is 4.79 Å². The average molecular weight is 212 g/mol. The van der Waals surface area contributed by atoms with Gasteiger partial charge in [0.2, 0.25) is 0 Å². The molecule has 15 heavy (non-hydrogen) atoms. The Hall–Kier alpha value is -1.32. The summed E-state index contributed by atoms with van der Waals surface area (Å²) in [6.45, 7) is 5.42. The van der Waals surface area contributed by atoms with Crippen molar-refractivity contribution in [1.82, 2.24) is 0 Å². The summed E-state index contributed by atoms with van der Waals surface area (Å²) in [4.78, 5) is 22.1. The number of hydrogen-bond acceptors (Lipinski definition) is 3. The Balaban J connectivity index is 2.56. The number of carboxylic acid groups (broad SMARTS) is 1. The van der Waals surface area contributed by atoms with Gasteiger partial charge in [-0.25, -0.2) is 4.79 Å². The minimum Gasteiger partial charge on any atom is -0.478 e. The molecule has 2 atom stereocenters. The second kappa shape index (κ2) is 4.96. The van der Waals surface area contributed by atoms with Gasteiger partial charge in [0.1, 0.15) is 6.10 Å². The lowest BCUT2D eigenvalue weighted by atomic mass is 9.90. The van der Waals surface area contributed by atoms with E-state index < -0.39 is 17.9 Å². The number of aliphatic carboxylic acids is 1. The maximum absolute atomic E-state index is 11.5. The van der Waals surface area contributed by atoms with Crippen LogP contribution >= 0.6 is 0 Å². The molecule has 4 heteroatoms. The lowest BCUT2D eigenvalue weighted by Gasteiger charge is -2.27. The van der Waals surface area contributed by atoms with E-state index in [1.165, 1.54) is 0 Å². The summed E-state index contributed by atoms with van der Waals surface area (Å²) < 4.78 is 5.15. The first-order valence-electron chi connectivity index (χ1n) is 5.18. The molecule has 0 aliphatic carbocycles. The van der Waals surface area contributed by atoms with Crippen LogP contribution in [0.1, 0.15) is 32.6 Å². The van der Waals surface area contributed by atoms with Crippen LogP contribution in [0.4, 0.5) is 0 Å². The van der Waals surface area contributed by atoms with Crippen LogP contribution in [0.5, 0.6) is 0 Å². The van der Waals surface area contributed by atoms with E-state index in [4.69, 9.17) is 9.84 Å². The van der Waals surface area contributed by atoms with Crippen LogP contribution in [-0.2, 0) is 14.3 Å². The number of carbonyl (C=O) groups is 2. The van der Waals surface area contributed by atoms with Crippen LogP contribution in [0.3, 0.4) is 0 Å². The van der Waals surface area contributed by atoms with Crippen molar-refractivity contribution in [2.75, 3.05) is 0 Å². The summed E-state index contributed by atoms with van der Waals surface area (Å²) in [5, 5.41) is 8.71. The molecule has 1 aliphatic heterocycles. The molecule has 0 radical (unpaired) electrons. The Labute approximate surface area is 88.9 Å². The molecule has 0 saturated carbocycles. The highest BCUT2D eigenvalue weighted by Crippen LogP contribution is 2.27. The molecule has 1 saturated heterocycles. The van der Waals surface area contributed by atoms with Gasteiger partial charge in [-0.2, -0.15) is 0 Å². The van der Waals surface area contributed by atoms with Crippen molar-refractivity contribution in [2.24, 2.45) is 5.92 Å². The molecule has 1 rings (SSSR count). The predicted octanol–water partition coefficient (Wildman–Crippen LogP) is 1.75. The third-order valence-electron chi connectivity index (χ3n) is 2.65. The summed E-state index contributed by atoms with van der Waals surface area (Å²) in [5.41, 5.74) is -0.0602. The summed E-state index contributed by atoms with van der Waals surface area (Å²) in [5.74, 6) is -2.21. The average Bonchev–Trinajstić information content (AvgIpc) is 2.17. The quantitative estimate of drug-likeness (QED) is 0.569. The molecule has 1 aliphatic rings. The van der Waals surface area contributed by atoms with E-state index in [2.05, 4.69) is 6.58 Å². The van der Waals surface area contributed by atoms with Crippen LogP contribution in [0.25, 0.3) is 0 Å². The Morgan fingerprint density at radius 3 is 2.73 bits per heavy atom. The molecular formula is C11H16O4. The highest BCUT2D eigenvalue weighted by Gasteiger charge is 2.33. The Kier molecular flexibility index (Phi) is 3.88. The summed E-state index contributed by atoms with van der Waals surface area (Å²) in [6, 6.07) is 0. The van der Waals surface area contributed by atoms with Crippen molar-refractivity contribution in [3.8, 4) is 0 Å². The Morgan fingerprint density at radius 1 is 1.60 bits per heavy atom. The van der Waals surface area contributed by atoms with E-state index in [0.29, 0.717) is 6.42 Å². The fourth-order valence-corrected chi connectivity index (χ4v) is 1.77. The van der Waals surface area contributed by atoms with E-state index in [1.54, 1.807) is 0 Å². The molecule has 0 aromatic carbocycles. The highest BCUT2D eigenvalue weighted by molar-refractivity contribution is 5.93. The number of esters is 1. The van der Waals surface area contributed by atoms with Crippen molar-refractivity contribution < 1.29 is 19.4 Å². The van der Waals surface area contributed by atoms with Gasteiger partial charge in [-0.05, 0) is 19.3 Å². The van der Waals surface area contributed by atoms with E-state index in [1.807, 2.05) is 6.92 Å². The summed E-state index contributed by atoms with van der Waals surface area (Å²) >= 11 is 0. The van der Waals surface area contributed by atoms with Gasteiger partial charge in [0.25, 0.3) is 0 Å². The van der Waals surface area contributed by atoms with Crippen molar-refractivity contribution in [2.45, 2.75) is 38.7 Å². The van der Waals surface area contributed by atoms with Gasteiger partial charge >= 0.3 is 11.9 Å². The number of ether oxygens (including phenoxy) is 1. The summed E-state index contributed by atoms with van der Waals surface area (Å²) in [7, 11) is 0. The van der Waals surface area contributed by atoms with E-state index >= 15 is 0 Å². The first kappa shape index (κ1) is 11.8. The fourth-order valence-electron chi connectivity index (χ4n) is 1.77. The minimum absolute atomic E-state index is 0.0413. The molecule has 0 spiro atoms. The minimum atomic E-state index is -1.12. The number of carbonyl (C=O) groups excluding carboxylic acids is 1. The number of rotatable bonds is 4. The maximum Gasteiger partial charge on any atom is 0.331 e. The van der Waals surface area contributed by atoms with Gasteiger partial charge in [-0.1, -0.05) is 19.9 Å². The SMILES string of the molecule is C=C(C(=O)O)[C@H]1CC[C@H](CCC)OC1=O. The Bertz CT molecular complexity index is 282. The van der Waals surface area contributed by atoms with Crippen LogP contribution in [-0.4, -0.2) is 23.1 Å². The number of cyclic esters (lactones) is 1. The van der Waals surface area contributed by atoms with Gasteiger partial charge in [0.15, 0.2) is 0 Å². The van der Waals surface area contributed by atoms with Gasteiger partial charge in [0, 0.05) is 5.57 Å². The standard InChI is InChI=1S/C11H16O4/c1-3-4-8-5-6-9(11(14)15-8)7(2)10(12)13/h8-9H,2-6H2,1H3,(H,12,13)/t8-,9+/m0/s1. The lowest BCUT2D eigenvalue weighted by molar-refractivity contribution is -0.160.